The van der Waals surface area contributed by atoms with E-state index in [0.717, 1.165) is 56.5 Å². The molecule has 0 spiro atoms. The fourth-order valence-corrected chi connectivity index (χ4v) is 9.87. The minimum Gasteiger partial charge on any atom is -0.484 e. The number of carbonyl (C=O) groups excluding carboxylic acids is 3. The molecule has 4 saturated heterocycles. The summed E-state index contributed by atoms with van der Waals surface area (Å²) < 4.78 is 53.0. The number of halogens is 3. The van der Waals surface area contributed by atoms with Gasteiger partial charge in [-0.25, -0.2) is 23.1 Å². The second-order valence-corrected chi connectivity index (χ2v) is 18.2. The number of aromatic nitrogens is 4. The van der Waals surface area contributed by atoms with Crippen molar-refractivity contribution in [1.29, 1.82) is 0 Å². The van der Waals surface area contributed by atoms with E-state index in [4.69, 9.17) is 4.74 Å². The Bertz CT molecular complexity index is 2380. The summed E-state index contributed by atoms with van der Waals surface area (Å²) in [5.41, 5.74) is 1.29. The number of anilines is 2. The number of nitrogens with zero attached hydrogens (tertiary/aromatic N) is 8. The topological polar surface area (TPSA) is 143 Å². The molecule has 14 nitrogen and oxygen atoms in total. The van der Waals surface area contributed by atoms with E-state index in [-0.39, 0.29) is 51.0 Å². The number of alkyl halides is 1. The quantitative estimate of drug-likeness (QED) is 0.200. The van der Waals surface area contributed by atoms with Crippen molar-refractivity contribution in [2.45, 2.75) is 82.1 Å². The highest BCUT2D eigenvalue weighted by atomic mass is 19.1. The number of ether oxygens (including phenoxy) is 1. The van der Waals surface area contributed by atoms with Crippen LogP contribution in [0.4, 0.5) is 24.7 Å². The Hall–Kier alpha value is -5.29. The summed E-state index contributed by atoms with van der Waals surface area (Å²) >= 11 is 0. The lowest BCUT2D eigenvalue weighted by Gasteiger charge is -2.43. The molecule has 2 aromatic heterocycles. The SMILES string of the molecule is CC1(Oc2cc3c(-c4cc(N5CCN(CC6(F)CCN(CC7CCN(c8ccc9c(c8F)CN(C8CCC(=O)NC8=O)C9=O)CC7)CC6)CC5)ncn4)n[nH]c3cc2F)CC1.[HH].[HH]. The van der Waals surface area contributed by atoms with Crippen molar-refractivity contribution in [3.05, 3.63) is 59.4 Å². The third-order valence-electron chi connectivity index (χ3n) is 13.9. The number of rotatable bonds is 10. The van der Waals surface area contributed by atoms with Crippen LogP contribution in [-0.4, -0.2) is 135 Å². The summed E-state index contributed by atoms with van der Waals surface area (Å²) in [6.45, 7) is 8.92. The number of hydrogen-bond acceptors (Lipinski definition) is 11. The number of piperidine rings is 3. The number of nitrogens with one attached hydrogen (secondary N) is 2. The van der Waals surface area contributed by atoms with Crippen molar-refractivity contribution in [3.63, 3.8) is 0 Å². The van der Waals surface area contributed by atoms with Gasteiger partial charge in [0.15, 0.2) is 17.4 Å². The maximum Gasteiger partial charge on any atom is 0.255 e. The highest BCUT2D eigenvalue weighted by Gasteiger charge is 2.43. The molecule has 0 radical (unpaired) electrons. The number of fused-ring (bicyclic) bond motifs is 2. The van der Waals surface area contributed by atoms with Crippen molar-refractivity contribution in [2.75, 3.05) is 75.2 Å². The molecule has 10 rings (SSSR count). The highest BCUT2D eigenvalue weighted by molar-refractivity contribution is 6.05. The first kappa shape index (κ1) is 39.8. The van der Waals surface area contributed by atoms with Gasteiger partial charge >= 0.3 is 0 Å². The Morgan fingerprint density at radius 2 is 1.66 bits per heavy atom. The van der Waals surface area contributed by atoms with Crippen molar-refractivity contribution in [2.24, 2.45) is 5.92 Å². The lowest BCUT2D eigenvalue weighted by molar-refractivity contribution is -0.136. The maximum absolute atomic E-state index is 16.3. The second kappa shape index (κ2) is 15.6. The lowest BCUT2D eigenvalue weighted by Crippen LogP contribution is -2.54. The summed E-state index contributed by atoms with van der Waals surface area (Å²) in [4.78, 5) is 56.5. The van der Waals surface area contributed by atoms with Crippen LogP contribution in [0.1, 0.15) is 77.1 Å². The van der Waals surface area contributed by atoms with Gasteiger partial charge in [-0.2, -0.15) is 5.10 Å². The molecule has 5 aliphatic heterocycles. The fourth-order valence-electron chi connectivity index (χ4n) is 9.87. The van der Waals surface area contributed by atoms with Gasteiger partial charge in [0.25, 0.3) is 5.91 Å². The lowest BCUT2D eigenvalue weighted by atomic mass is 9.90. The summed E-state index contributed by atoms with van der Waals surface area (Å²) in [5.74, 6) is -0.683. The summed E-state index contributed by atoms with van der Waals surface area (Å²) in [5, 5.41) is 10.4. The number of amides is 3. The largest absolute Gasteiger partial charge is 0.484 e. The number of aromatic amines is 1. The number of carbonyl (C=O) groups is 3. The molecule has 5 fully saturated rings. The molecule has 3 amide bonds. The zero-order valence-corrected chi connectivity index (χ0v) is 34.4. The Morgan fingerprint density at radius 3 is 2.39 bits per heavy atom. The smallest absolute Gasteiger partial charge is 0.255 e. The summed E-state index contributed by atoms with van der Waals surface area (Å²) in [7, 11) is 0. The van der Waals surface area contributed by atoms with E-state index in [1.54, 1.807) is 18.2 Å². The van der Waals surface area contributed by atoms with Gasteiger partial charge in [-0.3, -0.25) is 29.7 Å². The Kier molecular flexibility index (Phi) is 10.2. The van der Waals surface area contributed by atoms with Gasteiger partial charge in [-0.15, -0.1) is 0 Å². The minimum absolute atomic E-state index is 0. The average molecular weight is 845 g/mol. The van der Waals surface area contributed by atoms with Crippen LogP contribution in [0.3, 0.4) is 0 Å². The van der Waals surface area contributed by atoms with E-state index >= 15 is 8.78 Å². The van der Waals surface area contributed by atoms with Crippen LogP contribution in [0.5, 0.6) is 5.75 Å². The van der Waals surface area contributed by atoms with E-state index in [1.807, 2.05) is 17.9 Å². The molecular formula is C44H55F3N10O4. The zero-order chi connectivity index (χ0) is 42.0. The molecule has 1 atom stereocenters. The van der Waals surface area contributed by atoms with E-state index in [9.17, 15) is 18.8 Å². The molecule has 2 aromatic carbocycles. The Labute approximate surface area is 354 Å². The van der Waals surface area contributed by atoms with Crippen molar-refractivity contribution in [3.8, 4) is 17.1 Å². The van der Waals surface area contributed by atoms with Crippen LogP contribution in [0.25, 0.3) is 22.3 Å². The number of H-pyrrole nitrogens is 1. The molecule has 1 saturated carbocycles. The summed E-state index contributed by atoms with van der Waals surface area (Å²) in [6.07, 6.45) is 6.46. The van der Waals surface area contributed by atoms with Crippen molar-refractivity contribution >= 4 is 40.1 Å². The standard InChI is InChI=1S/C44H51F3N10O4.2H2/c1-43(8-9-43)61-36-20-29-32(21-31(36)45)51-52-40(29)33-22-37(49-26-48-33)56-18-16-54(17-19-56)25-44(47)10-14-53(15-11-44)23-27-6-12-55(13-7-27)34-3-2-28-30(39(34)46)24-57(42(28)60)35-4-5-38(58)50-41(35)59;;/h2-3,20-22,26-27,35H,4-19,23-25H2,1H3,(H,51,52)(H,50,58,59);2*1H. The van der Waals surface area contributed by atoms with E-state index in [1.165, 1.54) is 17.3 Å². The number of hydrogen-bond donors (Lipinski definition) is 2. The normalized spacial score (nSPS) is 23.4. The van der Waals surface area contributed by atoms with Gasteiger partial charge in [0.1, 0.15) is 35.2 Å². The van der Waals surface area contributed by atoms with Gasteiger partial charge in [0.05, 0.1) is 23.4 Å². The molecule has 0 bridgehead atoms. The number of imide groups is 1. The van der Waals surface area contributed by atoms with Gasteiger partial charge in [-0.05, 0) is 76.0 Å². The minimum atomic E-state index is -1.25. The maximum atomic E-state index is 16.3. The van der Waals surface area contributed by atoms with Gasteiger partial charge in [-0.1, -0.05) is 0 Å². The van der Waals surface area contributed by atoms with Crippen LogP contribution >= 0.6 is 0 Å². The van der Waals surface area contributed by atoms with Gasteiger partial charge < -0.3 is 24.3 Å². The molecular weight excluding hydrogens is 790 g/mol. The van der Waals surface area contributed by atoms with Crippen LogP contribution in [-0.2, 0) is 16.1 Å². The number of benzene rings is 2. The predicted octanol–water partition coefficient (Wildman–Crippen LogP) is 5.33. The number of piperazine rings is 1. The monoisotopic (exact) mass is 844 g/mol. The zero-order valence-electron chi connectivity index (χ0n) is 34.4. The van der Waals surface area contributed by atoms with Crippen molar-refractivity contribution < 1.29 is 35.1 Å². The van der Waals surface area contributed by atoms with Gasteiger partial charge in [0.2, 0.25) is 11.8 Å². The third kappa shape index (κ3) is 7.90. The molecule has 61 heavy (non-hydrogen) atoms. The van der Waals surface area contributed by atoms with Crippen LogP contribution in [0.15, 0.2) is 36.7 Å². The second-order valence-electron chi connectivity index (χ2n) is 18.2. The molecule has 4 aromatic rings. The molecule has 17 heteroatoms. The Balaban J connectivity index is 0.00000272. The number of likely N-dealkylation sites (tertiary alicyclic amines) is 1. The van der Waals surface area contributed by atoms with E-state index in [0.29, 0.717) is 92.7 Å². The molecule has 6 aliphatic rings. The predicted molar refractivity (Wildman–Crippen MR) is 225 cm³/mol. The third-order valence-corrected chi connectivity index (χ3v) is 13.9. The summed E-state index contributed by atoms with van der Waals surface area (Å²) in [6, 6.07) is 7.57. The van der Waals surface area contributed by atoms with Crippen LogP contribution in [0.2, 0.25) is 0 Å². The van der Waals surface area contributed by atoms with Gasteiger partial charge in [0, 0.05) is 103 Å². The molecule has 1 unspecified atom stereocenters. The molecule has 2 N–H and O–H groups in total. The van der Waals surface area contributed by atoms with E-state index in [2.05, 4.69) is 40.2 Å². The van der Waals surface area contributed by atoms with E-state index < -0.39 is 29.3 Å². The first-order valence-corrected chi connectivity index (χ1v) is 21.7. The molecule has 326 valence electrons. The fraction of sp³-hybridized carbons (Fsp3) is 0.545. The molecule has 1 aliphatic carbocycles. The first-order valence-electron chi connectivity index (χ1n) is 21.7. The van der Waals surface area contributed by atoms with Crippen LogP contribution in [0, 0.1) is 17.6 Å². The average Bonchev–Trinajstić information content (AvgIpc) is 3.69. The van der Waals surface area contributed by atoms with Crippen LogP contribution < -0.4 is 19.9 Å². The first-order chi connectivity index (χ1) is 29.4. The Morgan fingerprint density at radius 1 is 0.885 bits per heavy atom. The van der Waals surface area contributed by atoms with Crippen molar-refractivity contribution in [1.82, 2.24) is 40.2 Å². The molecule has 7 heterocycles. The highest BCUT2D eigenvalue weighted by Crippen LogP contribution is 2.42.